The number of carbonyl (C=O) groups excluding carboxylic acids is 1. The van der Waals surface area contributed by atoms with E-state index in [2.05, 4.69) is 20.8 Å². The zero-order chi connectivity index (χ0) is 17.0. The van der Waals surface area contributed by atoms with Crippen LogP contribution in [0.5, 0.6) is 0 Å². The Morgan fingerprint density at radius 1 is 1.30 bits per heavy atom. The maximum absolute atomic E-state index is 12.1. The number of hydrogen-bond donors (Lipinski definition) is 2. The van der Waals surface area contributed by atoms with Gasteiger partial charge in [0.2, 0.25) is 11.0 Å². The van der Waals surface area contributed by atoms with Crippen molar-refractivity contribution >= 4 is 39.8 Å². The fourth-order valence-electron chi connectivity index (χ4n) is 1.83. The predicted octanol–water partition coefficient (Wildman–Crippen LogP) is 3.99. The van der Waals surface area contributed by atoms with Gasteiger partial charge in [0.15, 0.2) is 4.34 Å². The Morgan fingerprint density at radius 2 is 2.04 bits per heavy atom. The van der Waals surface area contributed by atoms with Crippen molar-refractivity contribution in [1.82, 2.24) is 15.5 Å². The standard InChI is InChI=1S/C16H22N4OS2/c1-10-7-6-8-12(9-10)17-14-19-20-15(23-14)22-11(2)13(21)18-16(3,4)5/h6-9,11H,1-5H3,(H,17,19)(H,18,21)/t11-/m1/s1. The number of anilines is 2. The van der Waals surface area contributed by atoms with Crippen LogP contribution in [0.25, 0.3) is 0 Å². The second-order valence-corrected chi connectivity index (χ2v) is 8.93. The quantitative estimate of drug-likeness (QED) is 0.798. The van der Waals surface area contributed by atoms with Gasteiger partial charge in [0, 0.05) is 11.2 Å². The number of carbonyl (C=O) groups is 1. The SMILES string of the molecule is Cc1cccc(Nc2nnc(S[C@H](C)C(=O)NC(C)(C)C)s2)c1. The first-order valence-corrected chi connectivity index (χ1v) is 9.08. The maximum atomic E-state index is 12.1. The van der Waals surface area contributed by atoms with Gasteiger partial charge in [-0.15, -0.1) is 10.2 Å². The third-order valence-corrected chi connectivity index (χ3v) is 4.84. The van der Waals surface area contributed by atoms with Gasteiger partial charge in [0.25, 0.3) is 0 Å². The lowest BCUT2D eigenvalue weighted by Gasteiger charge is -2.22. The average Bonchev–Trinajstić information content (AvgIpc) is 2.84. The minimum Gasteiger partial charge on any atom is -0.351 e. The Hall–Kier alpha value is -1.60. The molecule has 0 saturated heterocycles. The van der Waals surface area contributed by atoms with E-state index >= 15 is 0 Å². The minimum atomic E-state index is -0.231. The molecule has 2 aromatic rings. The van der Waals surface area contributed by atoms with Crippen LogP contribution in [0.1, 0.15) is 33.3 Å². The minimum absolute atomic E-state index is 0.00546. The van der Waals surface area contributed by atoms with E-state index in [9.17, 15) is 4.79 Å². The number of nitrogens with zero attached hydrogens (tertiary/aromatic N) is 2. The monoisotopic (exact) mass is 350 g/mol. The summed E-state index contributed by atoms with van der Waals surface area (Å²) in [5.41, 5.74) is 1.93. The summed E-state index contributed by atoms with van der Waals surface area (Å²) in [6, 6.07) is 8.07. The van der Waals surface area contributed by atoms with E-state index in [0.717, 1.165) is 15.2 Å². The number of rotatable bonds is 5. The number of aromatic nitrogens is 2. The van der Waals surface area contributed by atoms with Gasteiger partial charge in [-0.3, -0.25) is 4.79 Å². The molecule has 0 fully saturated rings. The van der Waals surface area contributed by atoms with E-state index in [1.54, 1.807) is 0 Å². The topological polar surface area (TPSA) is 66.9 Å². The Balaban J connectivity index is 1.95. The van der Waals surface area contributed by atoms with Crippen molar-refractivity contribution in [3.63, 3.8) is 0 Å². The fraction of sp³-hybridized carbons (Fsp3) is 0.438. The molecule has 7 heteroatoms. The Kier molecular flexibility index (Phi) is 5.64. The molecular weight excluding hydrogens is 328 g/mol. The smallest absolute Gasteiger partial charge is 0.233 e. The summed E-state index contributed by atoms with van der Waals surface area (Å²) in [6.07, 6.45) is 0. The zero-order valence-corrected chi connectivity index (χ0v) is 15.6. The summed E-state index contributed by atoms with van der Waals surface area (Å²) < 4.78 is 0.775. The van der Waals surface area contributed by atoms with Crippen molar-refractivity contribution in [2.24, 2.45) is 0 Å². The summed E-state index contributed by atoms with van der Waals surface area (Å²) >= 11 is 2.87. The highest BCUT2D eigenvalue weighted by Crippen LogP contribution is 2.30. The fourth-order valence-corrected chi connectivity index (χ4v) is 3.75. The van der Waals surface area contributed by atoms with Crippen molar-refractivity contribution in [1.29, 1.82) is 0 Å². The number of aryl methyl sites for hydroxylation is 1. The van der Waals surface area contributed by atoms with E-state index in [4.69, 9.17) is 0 Å². The average molecular weight is 351 g/mol. The third kappa shape index (κ3) is 5.84. The highest BCUT2D eigenvalue weighted by molar-refractivity contribution is 8.02. The van der Waals surface area contributed by atoms with E-state index < -0.39 is 0 Å². The van der Waals surface area contributed by atoms with Crippen LogP contribution in [0.15, 0.2) is 28.6 Å². The molecule has 0 radical (unpaired) electrons. The van der Waals surface area contributed by atoms with E-state index in [-0.39, 0.29) is 16.7 Å². The van der Waals surface area contributed by atoms with Crippen LogP contribution in [0.2, 0.25) is 0 Å². The van der Waals surface area contributed by atoms with Crippen LogP contribution in [-0.2, 0) is 4.79 Å². The molecule has 0 aliphatic heterocycles. The first-order chi connectivity index (χ1) is 10.7. The van der Waals surface area contributed by atoms with Gasteiger partial charge in [-0.25, -0.2) is 0 Å². The molecule has 1 atom stereocenters. The maximum Gasteiger partial charge on any atom is 0.233 e. The number of amides is 1. The number of nitrogens with one attached hydrogen (secondary N) is 2. The summed E-state index contributed by atoms with van der Waals surface area (Å²) in [5, 5.41) is 15.0. The van der Waals surface area contributed by atoms with E-state index in [1.165, 1.54) is 28.7 Å². The second-order valence-electron chi connectivity index (χ2n) is 6.37. The van der Waals surface area contributed by atoms with Crippen LogP contribution in [0.3, 0.4) is 0 Å². The van der Waals surface area contributed by atoms with Crippen molar-refractivity contribution in [3.8, 4) is 0 Å². The molecule has 0 aliphatic rings. The number of thioether (sulfide) groups is 1. The predicted molar refractivity (Wildman–Crippen MR) is 97.6 cm³/mol. The van der Waals surface area contributed by atoms with Gasteiger partial charge in [-0.2, -0.15) is 0 Å². The second kappa shape index (κ2) is 7.31. The molecule has 1 heterocycles. The van der Waals surface area contributed by atoms with Crippen LogP contribution in [0, 0.1) is 6.92 Å². The van der Waals surface area contributed by atoms with Crippen LogP contribution >= 0.6 is 23.1 Å². The van der Waals surface area contributed by atoms with Crippen LogP contribution in [0.4, 0.5) is 10.8 Å². The lowest BCUT2D eigenvalue weighted by atomic mass is 10.1. The van der Waals surface area contributed by atoms with Gasteiger partial charge in [0.05, 0.1) is 5.25 Å². The van der Waals surface area contributed by atoms with Crippen molar-refractivity contribution in [2.75, 3.05) is 5.32 Å². The van der Waals surface area contributed by atoms with Crippen LogP contribution < -0.4 is 10.6 Å². The summed E-state index contributed by atoms with van der Waals surface area (Å²) in [7, 11) is 0. The molecule has 5 nitrogen and oxygen atoms in total. The highest BCUT2D eigenvalue weighted by atomic mass is 32.2. The molecule has 23 heavy (non-hydrogen) atoms. The molecule has 1 aromatic heterocycles. The number of hydrogen-bond acceptors (Lipinski definition) is 6. The zero-order valence-electron chi connectivity index (χ0n) is 14.0. The van der Waals surface area contributed by atoms with Gasteiger partial charge >= 0.3 is 0 Å². The summed E-state index contributed by atoms with van der Waals surface area (Å²) in [5.74, 6) is 0.00546. The van der Waals surface area contributed by atoms with E-state index in [0.29, 0.717) is 0 Å². The molecule has 2 N–H and O–H groups in total. The molecule has 0 saturated carbocycles. The third-order valence-electron chi connectivity index (χ3n) is 2.82. The van der Waals surface area contributed by atoms with Crippen molar-refractivity contribution in [3.05, 3.63) is 29.8 Å². The molecule has 2 rings (SSSR count). The van der Waals surface area contributed by atoms with Gasteiger partial charge in [-0.05, 0) is 52.3 Å². The molecule has 0 bridgehead atoms. The first-order valence-electron chi connectivity index (χ1n) is 7.39. The molecule has 1 aromatic carbocycles. The first kappa shape index (κ1) is 17.7. The molecule has 124 valence electrons. The van der Waals surface area contributed by atoms with Crippen molar-refractivity contribution in [2.45, 2.75) is 49.7 Å². The van der Waals surface area contributed by atoms with Gasteiger partial charge in [-0.1, -0.05) is 35.2 Å². The molecular formula is C16H22N4OS2. The Labute approximate surface area is 145 Å². The summed E-state index contributed by atoms with van der Waals surface area (Å²) in [4.78, 5) is 12.1. The largest absolute Gasteiger partial charge is 0.351 e. The lowest BCUT2D eigenvalue weighted by molar-refractivity contribution is -0.121. The van der Waals surface area contributed by atoms with Gasteiger partial charge < -0.3 is 10.6 Å². The van der Waals surface area contributed by atoms with Gasteiger partial charge in [0.1, 0.15) is 0 Å². The molecule has 1 amide bonds. The summed E-state index contributed by atoms with van der Waals surface area (Å²) in [6.45, 7) is 9.83. The Morgan fingerprint density at radius 3 is 2.70 bits per heavy atom. The molecule has 0 unspecified atom stereocenters. The molecule has 0 spiro atoms. The highest BCUT2D eigenvalue weighted by Gasteiger charge is 2.21. The normalized spacial score (nSPS) is 12.7. The lowest BCUT2D eigenvalue weighted by Crippen LogP contribution is -2.44. The van der Waals surface area contributed by atoms with Crippen LogP contribution in [-0.4, -0.2) is 26.9 Å². The number of benzene rings is 1. The Bertz CT molecular complexity index is 679. The van der Waals surface area contributed by atoms with E-state index in [1.807, 2.05) is 58.9 Å². The van der Waals surface area contributed by atoms with Crippen molar-refractivity contribution < 1.29 is 4.79 Å². The molecule has 0 aliphatic carbocycles.